The van der Waals surface area contributed by atoms with Crippen LogP contribution in [0.1, 0.15) is 12.0 Å². The summed E-state index contributed by atoms with van der Waals surface area (Å²) in [6.07, 6.45) is 3.16. The Balaban J connectivity index is 1.83. The van der Waals surface area contributed by atoms with Crippen LogP contribution in [0, 0.1) is 12.8 Å². The molecule has 1 aromatic rings. The lowest BCUT2D eigenvalue weighted by Gasteiger charge is -2.12. The van der Waals surface area contributed by atoms with Gasteiger partial charge in [-0.3, -0.25) is 0 Å². The molecule has 0 amide bonds. The monoisotopic (exact) mass is 205 g/mol. The molecule has 0 spiro atoms. The molecule has 1 aromatic heterocycles. The summed E-state index contributed by atoms with van der Waals surface area (Å²) in [4.78, 5) is 6.68. The van der Waals surface area contributed by atoms with Crippen molar-refractivity contribution in [2.45, 2.75) is 13.3 Å². The number of likely N-dealkylation sites (tertiary alicyclic amines) is 1. The van der Waals surface area contributed by atoms with Gasteiger partial charge in [0.25, 0.3) is 0 Å². The van der Waals surface area contributed by atoms with Gasteiger partial charge in [-0.15, -0.1) is 0 Å². The topological polar surface area (TPSA) is 28.2 Å². The van der Waals surface area contributed by atoms with Crippen molar-refractivity contribution >= 4 is 5.82 Å². The van der Waals surface area contributed by atoms with Crippen LogP contribution in [0.2, 0.25) is 0 Å². The van der Waals surface area contributed by atoms with Gasteiger partial charge in [-0.25, -0.2) is 4.98 Å². The second-order valence-corrected chi connectivity index (χ2v) is 4.52. The van der Waals surface area contributed by atoms with Crippen LogP contribution >= 0.6 is 0 Å². The maximum atomic E-state index is 4.29. The van der Waals surface area contributed by atoms with Crippen LogP contribution in [0.4, 0.5) is 5.82 Å². The molecule has 2 rings (SSSR count). The molecule has 1 unspecified atom stereocenters. The summed E-state index contributed by atoms with van der Waals surface area (Å²) in [5, 5.41) is 3.41. The summed E-state index contributed by atoms with van der Waals surface area (Å²) < 4.78 is 0. The third-order valence-electron chi connectivity index (χ3n) is 2.98. The molecule has 15 heavy (non-hydrogen) atoms. The van der Waals surface area contributed by atoms with Gasteiger partial charge in [-0.1, -0.05) is 0 Å². The highest BCUT2D eigenvalue weighted by molar-refractivity contribution is 5.36. The molecule has 0 saturated carbocycles. The predicted octanol–water partition coefficient (Wildman–Crippen LogP) is 1.75. The third-order valence-corrected chi connectivity index (χ3v) is 2.98. The minimum Gasteiger partial charge on any atom is -0.370 e. The van der Waals surface area contributed by atoms with Gasteiger partial charge in [-0.05, 0) is 50.6 Å². The summed E-state index contributed by atoms with van der Waals surface area (Å²) >= 11 is 0. The van der Waals surface area contributed by atoms with Crippen molar-refractivity contribution < 1.29 is 0 Å². The Hall–Kier alpha value is -1.09. The molecule has 82 valence electrons. The van der Waals surface area contributed by atoms with E-state index >= 15 is 0 Å². The summed E-state index contributed by atoms with van der Waals surface area (Å²) in [7, 11) is 2.19. The Morgan fingerprint density at radius 1 is 1.60 bits per heavy atom. The van der Waals surface area contributed by atoms with Crippen LogP contribution in [-0.4, -0.2) is 36.6 Å². The number of rotatable bonds is 3. The number of aromatic nitrogens is 1. The molecule has 1 aliphatic rings. The lowest BCUT2D eigenvalue weighted by molar-refractivity contribution is 0.399. The Morgan fingerprint density at radius 2 is 2.47 bits per heavy atom. The fourth-order valence-electron chi connectivity index (χ4n) is 2.07. The van der Waals surface area contributed by atoms with Gasteiger partial charge in [0, 0.05) is 19.3 Å². The van der Waals surface area contributed by atoms with E-state index in [2.05, 4.69) is 35.2 Å². The molecule has 0 radical (unpaired) electrons. The maximum Gasteiger partial charge on any atom is 0.126 e. The standard InChI is InChI=1S/C12H19N3/c1-10-3-5-13-12(7-10)14-8-11-4-6-15(2)9-11/h3,5,7,11H,4,6,8-9H2,1-2H3,(H,13,14). The quantitative estimate of drug-likeness (QED) is 0.815. The maximum absolute atomic E-state index is 4.29. The zero-order valence-electron chi connectivity index (χ0n) is 9.53. The fraction of sp³-hybridized carbons (Fsp3) is 0.583. The summed E-state index contributed by atoms with van der Waals surface area (Å²) in [6, 6.07) is 4.12. The Kier molecular flexibility index (Phi) is 3.21. The Bertz CT molecular complexity index is 324. The zero-order chi connectivity index (χ0) is 10.7. The molecule has 1 aliphatic heterocycles. The second-order valence-electron chi connectivity index (χ2n) is 4.52. The molecule has 1 N–H and O–H groups in total. The van der Waals surface area contributed by atoms with Gasteiger partial charge in [0.05, 0.1) is 0 Å². The van der Waals surface area contributed by atoms with Gasteiger partial charge in [0.1, 0.15) is 5.82 Å². The normalized spacial score (nSPS) is 21.9. The highest BCUT2D eigenvalue weighted by atomic mass is 15.1. The molecule has 1 fully saturated rings. The molecule has 1 saturated heterocycles. The van der Waals surface area contributed by atoms with Crippen LogP contribution in [0.25, 0.3) is 0 Å². The molecule has 3 nitrogen and oxygen atoms in total. The van der Waals surface area contributed by atoms with E-state index in [0.29, 0.717) is 0 Å². The molecule has 0 aliphatic carbocycles. The molecule has 1 atom stereocenters. The molecule has 0 aromatic carbocycles. The van der Waals surface area contributed by atoms with Crippen molar-refractivity contribution in [1.82, 2.24) is 9.88 Å². The van der Waals surface area contributed by atoms with Gasteiger partial charge in [-0.2, -0.15) is 0 Å². The SMILES string of the molecule is Cc1ccnc(NCC2CCN(C)C2)c1. The van der Waals surface area contributed by atoms with Crippen molar-refractivity contribution in [3.05, 3.63) is 23.9 Å². The lowest BCUT2D eigenvalue weighted by Crippen LogP contribution is -2.19. The van der Waals surface area contributed by atoms with Crippen molar-refractivity contribution in [1.29, 1.82) is 0 Å². The van der Waals surface area contributed by atoms with E-state index in [1.165, 1.54) is 25.1 Å². The first-order valence-electron chi connectivity index (χ1n) is 5.59. The predicted molar refractivity (Wildman–Crippen MR) is 63.1 cm³/mol. The first kappa shape index (κ1) is 10.4. The third kappa shape index (κ3) is 2.93. The highest BCUT2D eigenvalue weighted by Crippen LogP contribution is 2.15. The second kappa shape index (κ2) is 4.62. The van der Waals surface area contributed by atoms with E-state index in [4.69, 9.17) is 0 Å². The van der Waals surface area contributed by atoms with E-state index in [1.807, 2.05) is 12.3 Å². The summed E-state index contributed by atoms with van der Waals surface area (Å²) in [5.41, 5.74) is 1.26. The number of hydrogen-bond donors (Lipinski definition) is 1. The van der Waals surface area contributed by atoms with Crippen LogP contribution in [0.5, 0.6) is 0 Å². The Morgan fingerprint density at radius 3 is 3.13 bits per heavy atom. The van der Waals surface area contributed by atoms with Gasteiger partial charge in [0.15, 0.2) is 0 Å². The highest BCUT2D eigenvalue weighted by Gasteiger charge is 2.18. The number of anilines is 1. The summed E-state index contributed by atoms with van der Waals surface area (Å²) in [5.74, 6) is 1.78. The smallest absolute Gasteiger partial charge is 0.126 e. The van der Waals surface area contributed by atoms with E-state index in [9.17, 15) is 0 Å². The van der Waals surface area contributed by atoms with Crippen molar-refractivity contribution in [2.24, 2.45) is 5.92 Å². The van der Waals surface area contributed by atoms with Gasteiger partial charge < -0.3 is 10.2 Å². The van der Waals surface area contributed by atoms with Crippen LogP contribution in [0.15, 0.2) is 18.3 Å². The lowest BCUT2D eigenvalue weighted by atomic mass is 10.1. The number of nitrogens with one attached hydrogen (secondary N) is 1. The number of pyridine rings is 1. The molecular formula is C12H19N3. The van der Waals surface area contributed by atoms with E-state index in [1.54, 1.807) is 0 Å². The minimum absolute atomic E-state index is 0.775. The average Bonchev–Trinajstić information content (AvgIpc) is 2.62. The molecule has 3 heteroatoms. The fourth-order valence-corrected chi connectivity index (χ4v) is 2.07. The zero-order valence-corrected chi connectivity index (χ0v) is 9.53. The van der Waals surface area contributed by atoms with Crippen LogP contribution in [-0.2, 0) is 0 Å². The van der Waals surface area contributed by atoms with E-state index in [-0.39, 0.29) is 0 Å². The number of nitrogens with zero attached hydrogens (tertiary/aromatic N) is 2. The Labute approximate surface area is 91.5 Å². The van der Waals surface area contributed by atoms with Crippen molar-refractivity contribution in [3.63, 3.8) is 0 Å². The molecule has 0 bridgehead atoms. The van der Waals surface area contributed by atoms with E-state index < -0.39 is 0 Å². The molecule has 2 heterocycles. The molecular weight excluding hydrogens is 186 g/mol. The average molecular weight is 205 g/mol. The van der Waals surface area contributed by atoms with Crippen LogP contribution < -0.4 is 5.32 Å². The van der Waals surface area contributed by atoms with E-state index in [0.717, 1.165) is 18.3 Å². The van der Waals surface area contributed by atoms with Gasteiger partial charge in [0.2, 0.25) is 0 Å². The van der Waals surface area contributed by atoms with Crippen molar-refractivity contribution in [3.8, 4) is 0 Å². The van der Waals surface area contributed by atoms with Gasteiger partial charge >= 0.3 is 0 Å². The van der Waals surface area contributed by atoms with Crippen LogP contribution in [0.3, 0.4) is 0 Å². The first-order chi connectivity index (χ1) is 7.24. The number of hydrogen-bond acceptors (Lipinski definition) is 3. The minimum atomic E-state index is 0.775. The van der Waals surface area contributed by atoms with Crippen molar-refractivity contribution in [2.75, 3.05) is 32.0 Å². The largest absolute Gasteiger partial charge is 0.370 e. The summed E-state index contributed by atoms with van der Waals surface area (Å²) in [6.45, 7) is 5.57. The first-order valence-corrected chi connectivity index (χ1v) is 5.59. The number of aryl methyl sites for hydroxylation is 1.